The summed E-state index contributed by atoms with van der Waals surface area (Å²) in [6, 6.07) is 46.2. The van der Waals surface area contributed by atoms with Crippen LogP contribution >= 0.6 is 34.4 Å². The molecule has 1 aliphatic carbocycles. The van der Waals surface area contributed by atoms with E-state index in [2.05, 4.69) is 139 Å². The van der Waals surface area contributed by atoms with Gasteiger partial charge in [-0.3, -0.25) is 0 Å². The van der Waals surface area contributed by atoms with Gasteiger partial charge in [0.2, 0.25) is 0 Å². The molecule has 0 amide bonds. The maximum atomic E-state index is 7.13. The Morgan fingerprint density at radius 3 is 1.75 bits per heavy atom. The minimum absolute atomic E-state index is 0.125. The van der Waals surface area contributed by atoms with Gasteiger partial charge in [-0.1, -0.05) is 133 Å². The molecular formula is C45H43IO5S. The van der Waals surface area contributed by atoms with E-state index in [1.807, 2.05) is 24.3 Å². The molecule has 1 fully saturated rings. The molecule has 5 aromatic carbocycles. The van der Waals surface area contributed by atoms with Gasteiger partial charge in [-0.15, -0.1) is 11.8 Å². The van der Waals surface area contributed by atoms with Crippen molar-refractivity contribution in [3.8, 4) is 0 Å². The molecule has 5 nitrogen and oxygen atoms in total. The monoisotopic (exact) mass is 822 g/mol. The Bertz CT molecular complexity index is 1970. The van der Waals surface area contributed by atoms with E-state index in [0.717, 1.165) is 28.7 Å². The summed E-state index contributed by atoms with van der Waals surface area (Å²) in [6.45, 7) is 4.98. The second-order valence-corrected chi connectivity index (χ2v) is 16.3. The highest BCUT2D eigenvalue weighted by molar-refractivity contribution is 14.1. The number of rotatable bonds is 13. The molecule has 0 saturated carbocycles. The molecule has 266 valence electrons. The molecule has 52 heavy (non-hydrogen) atoms. The normalized spacial score (nSPS) is 23.6. The van der Waals surface area contributed by atoms with Crippen molar-refractivity contribution in [3.05, 3.63) is 184 Å². The lowest BCUT2D eigenvalue weighted by molar-refractivity contribution is -0.207. The Hall–Kier alpha value is -3.28. The largest absolute Gasteiger partial charge is 0.376 e. The Kier molecular flexibility index (Phi) is 11.3. The first kappa shape index (κ1) is 35.7. The quantitative estimate of drug-likeness (QED) is 0.110. The fourth-order valence-corrected chi connectivity index (χ4v) is 9.97. The first-order valence-electron chi connectivity index (χ1n) is 18.0. The van der Waals surface area contributed by atoms with Gasteiger partial charge < -0.3 is 23.7 Å². The molecule has 2 aliphatic heterocycles. The highest BCUT2D eigenvalue weighted by atomic mass is 127. The summed E-state index contributed by atoms with van der Waals surface area (Å²) in [5.41, 5.74) is 10.9. The molecule has 1 spiro atoms. The SMILES string of the molecule is CC1=C(I)c2cc3c(cc2C1)CO[C@]31S[C@H](COCc2ccccc2)[C@@H](OCc2ccccc2)[C@H](OCc2ccccc2)[C@H]1OCc1ccccc1. The highest BCUT2D eigenvalue weighted by Crippen LogP contribution is 2.58. The molecule has 0 radical (unpaired) electrons. The summed E-state index contributed by atoms with van der Waals surface area (Å²) in [5.74, 6) is 0. The summed E-state index contributed by atoms with van der Waals surface area (Å²) in [4.78, 5) is -0.846. The number of hydrogen-bond acceptors (Lipinski definition) is 6. The van der Waals surface area contributed by atoms with E-state index in [9.17, 15) is 0 Å². The molecule has 0 bridgehead atoms. The fraction of sp³-hybridized carbons (Fsp3) is 0.289. The number of allylic oxidation sites excluding steroid dienone is 1. The van der Waals surface area contributed by atoms with Crippen molar-refractivity contribution in [2.75, 3.05) is 6.61 Å². The third-order valence-corrected chi connectivity index (χ3v) is 13.3. The van der Waals surface area contributed by atoms with Crippen LogP contribution in [-0.2, 0) is 68.1 Å². The lowest BCUT2D eigenvalue weighted by Gasteiger charge is -2.51. The zero-order valence-electron chi connectivity index (χ0n) is 29.3. The van der Waals surface area contributed by atoms with Crippen LogP contribution in [0.2, 0.25) is 0 Å². The number of benzene rings is 5. The summed E-state index contributed by atoms with van der Waals surface area (Å²) in [5, 5.41) is -0.125. The van der Waals surface area contributed by atoms with Crippen LogP contribution in [0.25, 0.3) is 3.58 Å². The lowest BCUT2D eigenvalue weighted by atomic mass is 9.90. The van der Waals surface area contributed by atoms with Crippen molar-refractivity contribution >= 4 is 37.9 Å². The van der Waals surface area contributed by atoms with Crippen LogP contribution in [0.5, 0.6) is 0 Å². The van der Waals surface area contributed by atoms with E-state index in [-0.39, 0.29) is 11.4 Å². The molecule has 0 aromatic heterocycles. The first-order chi connectivity index (χ1) is 25.6. The second-order valence-electron chi connectivity index (χ2n) is 13.8. The van der Waals surface area contributed by atoms with Crippen LogP contribution in [0.4, 0.5) is 0 Å². The average molecular weight is 823 g/mol. The standard InChI is InChI=1S/C45H43IO5S/c1-31-22-36-23-37-29-51-45(39(37)24-38(36)41(31)46)44(50-28-35-20-12-5-13-21-35)43(49-27-34-18-10-4-11-19-34)42(48-26-33-16-8-3-9-17-33)40(52-45)30-47-25-32-14-6-2-7-15-32/h2-21,23-24,40,42-44H,22,25-30H2,1H3/t40-,42-,43+,44-,45+/m1/s1. The zero-order chi connectivity index (χ0) is 35.3. The van der Waals surface area contributed by atoms with Crippen LogP contribution in [0, 0.1) is 0 Å². The van der Waals surface area contributed by atoms with Gasteiger partial charge in [0.25, 0.3) is 0 Å². The van der Waals surface area contributed by atoms with E-state index in [1.54, 1.807) is 11.8 Å². The number of thioether (sulfide) groups is 1. The minimum Gasteiger partial charge on any atom is -0.376 e. The summed E-state index contributed by atoms with van der Waals surface area (Å²) < 4.78 is 36.2. The third kappa shape index (κ3) is 7.69. The maximum Gasteiger partial charge on any atom is 0.169 e. The highest BCUT2D eigenvalue weighted by Gasteiger charge is 2.60. The van der Waals surface area contributed by atoms with Crippen molar-refractivity contribution in [1.82, 2.24) is 0 Å². The topological polar surface area (TPSA) is 46.2 Å². The Morgan fingerprint density at radius 2 is 1.17 bits per heavy atom. The van der Waals surface area contributed by atoms with Crippen molar-refractivity contribution in [2.24, 2.45) is 0 Å². The number of halogens is 1. The van der Waals surface area contributed by atoms with Crippen molar-refractivity contribution in [3.63, 3.8) is 0 Å². The van der Waals surface area contributed by atoms with Gasteiger partial charge in [-0.05, 0) is 80.9 Å². The van der Waals surface area contributed by atoms with Crippen LogP contribution in [0.1, 0.15) is 51.4 Å². The average Bonchev–Trinajstić information content (AvgIpc) is 3.68. The molecule has 3 aliphatic rings. The predicted octanol–water partition coefficient (Wildman–Crippen LogP) is 10.2. The van der Waals surface area contributed by atoms with E-state index in [1.165, 1.54) is 31.4 Å². The van der Waals surface area contributed by atoms with Gasteiger partial charge in [0.15, 0.2) is 4.93 Å². The summed E-state index contributed by atoms with van der Waals surface area (Å²) in [6.07, 6.45) is -0.352. The third-order valence-electron chi connectivity index (χ3n) is 10.1. The summed E-state index contributed by atoms with van der Waals surface area (Å²) >= 11 is 4.29. The van der Waals surface area contributed by atoms with Crippen molar-refractivity contribution in [2.45, 2.75) is 74.9 Å². The van der Waals surface area contributed by atoms with Crippen LogP contribution in [0.3, 0.4) is 0 Å². The smallest absolute Gasteiger partial charge is 0.169 e. The molecule has 2 heterocycles. The molecule has 0 N–H and O–H groups in total. The molecule has 5 aromatic rings. The van der Waals surface area contributed by atoms with E-state index < -0.39 is 17.1 Å². The van der Waals surface area contributed by atoms with Gasteiger partial charge in [0.05, 0.1) is 44.9 Å². The zero-order valence-corrected chi connectivity index (χ0v) is 32.3. The van der Waals surface area contributed by atoms with Gasteiger partial charge in [-0.2, -0.15) is 0 Å². The molecule has 8 rings (SSSR count). The fourth-order valence-electron chi connectivity index (χ4n) is 7.52. The predicted molar refractivity (Wildman–Crippen MR) is 216 cm³/mol. The van der Waals surface area contributed by atoms with Gasteiger partial charge in [-0.25, -0.2) is 0 Å². The Balaban J connectivity index is 1.21. The molecular weight excluding hydrogens is 779 g/mol. The molecule has 0 unspecified atom stereocenters. The molecule has 5 atom stereocenters. The van der Waals surface area contributed by atoms with Gasteiger partial charge in [0, 0.05) is 9.14 Å². The van der Waals surface area contributed by atoms with Crippen molar-refractivity contribution < 1.29 is 23.7 Å². The first-order valence-corrected chi connectivity index (χ1v) is 19.9. The molecule has 1 saturated heterocycles. The Labute approximate surface area is 324 Å². The van der Waals surface area contributed by atoms with Crippen LogP contribution in [0.15, 0.2) is 139 Å². The van der Waals surface area contributed by atoms with Crippen LogP contribution in [-0.4, -0.2) is 30.2 Å². The number of ether oxygens (including phenoxy) is 5. The number of fused-ring (bicyclic) bond motifs is 3. The lowest BCUT2D eigenvalue weighted by Crippen LogP contribution is -2.61. The molecule has 7 heteroatoms. The van der Waals surface area contributed by atoms with Gasteiger partial charge >= 0.3 is 0 Å². The minimum atomic E-state index is -0.846. The summed E-state index contributed by atoms with van der Waals surface area (Å²) in [7, 11) is 0. The number of hydrogen-bond donors (Lipinski definition) is 0. The second kappa shape index (κ2) is 16.4. The maximum absolute atomic E-state index is 7.13. The van der Waals surface area contributed by atoms with E-state index >= 15 is 0 Å². The van der Waals surface area contributed by atoms with Crippen LogP contribution < -0.4 is 0 Å². The van der Waals surface area contributed by atoms with E-state index in [0.29, 0.717) is 39.6 Å². The van der Waals surface area contributed by atoms with E-state index in [4.69, 9.17) is 23.7 Å². The van der Waals surface area contributed by atoms with Gasteiger partial charge in [0.1, 0.15) is 18.3 Å². The van der Waals surface area contributed by atoms with Crippen molar-refractivity contribution in [1.29, 1.82) is 0 Å². The Morgan fingerprint density at radius 1 is 0.654 bits per heavy atom.